The molecule has 2 heterocycles. The van der Waals surface area contributed by atoms with E-state index < -0.39 is 0 Å². The number of carbonyl (C=O) groups is 2. The topological polar surface area (TPSA) is 62.3 Å². The van der Waals surface area contributed by atoms with E-state index in [4.69, 9.17) is 0 Å². The number of amides is 2. The molecule has 1 aromatic carbocycles. The lowest BCUT2D eigenvalue weighted by molar-refractivity contribution is -0.113. The Morgan fingerprint density at radius 2 is 2.09 bits per heavy atom. The van der Waals surface area contributed by atoms with Gasteiger partial charge in [0.2, 0.25) is 5.91 Å². The van der Waals surface area contributed by atoms with Gasteiger partial charge in [-0.2, -0.15) is 0 Å². The first-order valence-corrected chi connectivity index (χ1v) is 8.33. The molecule has 6 heteroatoms. The van der Waals surface area contributed by atoms with Crippen LogP contribution in [0.25, 0.3) is 0 Å². The maximum absolute atomic E-state index is 12.5. The number of pyridine rings is 1. The molecular formula is C17H17N3O2S. The lowest BCUT2D eigenvalue weighted by atomic mass is 10.1. The number of aromatic nitrogens is 1. The SMILES string of the molecule is CN(CCc1ccncc1)C(=O)c1ccc2c(c1)NC(=O)CS2. The molecule has 1 aliphatic rings. The van der Waals surface area contributed by atoms with Crippen LogP contribution in [0.5, 0.6) is 0 Å². The van der Waals surface area contributed by atoms with Crippen molar-refractivity contribution in [2.24, 2.45) is 0 Å². The van der Waals surface area contributed by atoms with Crippen LogP contribution in [-0.2, 0) is 11.2 Å². The summed E-state index contributed by atoms with van der Waals surface area (Å²) in [7, 11) is 1.79. The summed E-state index contributed by atoms with van der Waals surface area (Å²) in [5, 5.41) is 2.81. The fraction of sp³-hybridized carbons (Fsp3) is 0.235. The summed E-state index contributed by atoms with van der Waals surface area (Å²) in [6, 6.07) is 9.36. The first-order chi connectivity index (χ1) is 11.1. The smallest absolute Gasteiger partial charge is 0.253 e. The van der Waals surface area contributed by atoms with E-state index in [1.54, 1.807) is 30.4 Å². The van der Waals surface area contributed by atoms with Crippen molar-refractivity contribution in [1.82, 2.24) is 9.88 Å². The van der Waals surface area contributed by atoms with Gasteiger partial charge >= 0.3 is 0 Å². The van der Waals surface area contributed by atoms with Crippen molar-refractivity contribution >= 4 is 29.3 Å². The van der Waals surface area contributed by atoms with Crippen LogP contribution in [0.1, 0.15) is 15.9 Å². The van der Waals surface area contributed by atoms with Crippen molar-refractivity contribution in [3.8, 4) is 0 Å². The van der Waals surface area contributed by atoms with E-state index in [1.165, 1.54) is 11.8 Å². The number of nitrogens with zero attached hydrogens (tertiary/aromatic N) is 2. The molecule has 2 amide bonds. The van der Waals surface area contributed by atoms with Gasteiger partial charge in [0.25, 0.3) is 5.91 Å². The van der Waals surface area contributed by atoms with Crippen LogP contribution >= 0.6 is 11.8 Å². The number of likely N-dealkylation sites (N-methyl/N-ethyl adjacent to an activating group) is 1. The minimum atomic E-state index is -0.0494. The predicted octanol–water partition coefficient (Wildman–Crippen LogP) is 2.44. The molecule has 5 nitrogen and oxygen atoms in total. The van der Waals surface area contributed by atoms with Crippen LogP contribution in [0.3, 0.4) is 0 Å². The van der Waals surface area contributed by atoms with Crippen molar-refractivity contribution in [2.45, 2.75) is 11.3 Å². The molecular weight excluding hydrogens is 310 g/mol. The molecule has 2 aromatic rings. The minimum absolute atomic E-state index is 0.0295. The molecule has 1 aliphatic heterocycles. The number of fused-ring (bicyclic) bond motifs is 1. The van der Waals surface area contributed by atoms with Gasteiger partial charge < -0.3 is 10.2 Å². The molecule has 1 N–H and O–H groups in total. The Hall–Kier alpha value is -2.34. The Balaban J connectivity index is 1.67. The average Bonchev–Trinajstić information content (AvgIpc) is 2.59. The zero-order valence-corrected chi connectivity index (χ0v) is 13.6. The summed E-state index contributed by atoms with van der Waals surface area (Å²) in [5.74, 6) is 0.344. The van der Waals surface area contributed by atoms with Crippen LogP contribution in [0.2, 0.25) is 0 Å². The first kappa shape index (κ1) is 15.6. The van der Waals surface area contributed by atoms with E-state index in [0.717, 1.165) is 22.6 Å². The summed E-state index contributed by atoms with van der Waals surface area (Å²) in [6.45, 7) is 0.626. The highest BCUT2D eigenvalue weighted by molar-refractivity contribution is 8.00. The fourth-order valence-electron chi connectivity index (χ4n) is 2.38. The van der Waals surface area contributed by atoms with E-state index in [0.29, 0.717) is 17.9 Å². The molecule has 0 saturated heterocycles. The lowest BCUT2D eigenvalue weighted by Gasteiger charge is -2.20. The fourth-order valence-corrected chi connectivity index (χ4v) is 3.17. The molecule has 0 saturated carbocycles. The number of carbonyl (C=O) groups excluding carboxylic acids is 2. The Bertz CT molecular complexity index is 734. The van der Waals surface area contributed by atoms with E-state index in [1.807, 2.05) is 24.3 Å². The second-order valence-electron chi connectivity index (χ2n) is 5.38. The standard InChI is InChI=1S/C17H17N3O2S/c1-20(9-6-12-4-7-18-8-5-12)17(22)13-2-3-15-14(10-13)19-16(21)11-23-15/h2-5,7-8,10H,6,9,11H2,1H3,(H,19,21). The molecule has 3 rings (SSSR count). The van der Waals surface area contributed by atoms with Crippen LogP contribution in [0.15, 0.2) is 47.6 Å². The van der Waals surface area contributed by atoms with Crippen molar-refractivity contribution in [3.63, 3.8) is 0 Å². The van der Waals surface area contributed by atoms with Gasteiger partial charge in [0.05, 0.1) is 11.4 Å². The third kappa shape index (κ3) is 3.71. The van der Waals surface area contributed by atoms with Gasteiger partial charge in [-0.05, 0) is 42.3 Å². The zero-order valence-electron chi connectivity index (χ0n) is 12.8. The van der Waals surface area contributed by atoms with Crippen LogP contribution in [-0.4, -0.2) is 41.0 Å². The highest BCUT2D eigenvalue weighted by Gasteiger charge is 2.18. The molecule has 1 aromatic heterocycles. The highest BCUT2D eigenvalue weighted by Crippen LogP contribution is 2.32. The molecule has 0 bridgehead atoms. The highest BCUT2D eigenvalue weighted by atomic mass is 32.2. The second kappa shape index (κ2) is 6.83. The molecule has 0 spiro atoms. The number of thioether (sulfide) groups is 1. The Kier molecular flexibility index (Phi) is 4.62. The van der Waals surface area contributed by atoms with Gasteiger partial charge in [-0.25, -0.2) is 0 Å². The van der Waals surface area contributed by atoms with Crippen LogP contribution in [0.4, 0.5) is 5.69 Å². The normalized spacial score (nSPS) is 13.2. The van der Waals surface area contributed by atoms with E-state index in [9.17, 15) is 9.59 Å². The number of benzene rings is 1. The van der Waals surface area contributed by atoms with Crippen molar-refractivity contribution in [1.29, 1.82) is 0 Å². The summed E-state index contributed by atoms with van der Waals surface area (Å²) < 4.78 is 0. The Labute approximate surface area is 139 Å². The quantitative estimate of drug-likeness (QED) is 0.937. The third-order valence-electron chi connectivity index (χ3n) is 3.69. The average molecular weight is 327 g/mol. The summed E-state index contributed by atoms with van der Waals surface area (Å²) in [6.07, 6.45) is 4.28. The number of nitrogens with one attached hydrogen (secondary N) is 1. The van der Waals surface area contributed by atoms with Crippen LogP contribution < -0.4 is 5.32 Å². The largest absolute Gasteiger partial charge is 0.341 e. The lowest BCUT2D eigenvalue weighted by Crippen LogP contribution is -2.29. The van der Waals surface area contributed by atoms with Crippen LogP contribution in [0, 0.1) is 0 Å². The number of rotatable bonds is 4. The Morgan fingerprint density at radius 1 is 1.30 bits per heavy atom. The molecule has 23 heavy (non-hydrogen) atoms. The minimum Gasteiger partial charge on any atom is -0.341 e. The summed E-state index contributed by atoms with van der Waals surface area (Å²) >= 11 is 1.49. The van der Waals surface area contributed by atoms with Gasteiger partial charge in [-0.1, -0.05) is 0 Å². The van der Waals surface area contributed by atoms with E-state index >= 15 is 0 Å². The zero-order chi connectivity index (χ0) is 16.2. The van der Waals surface area contributed by atoms with Gasteiger partial charge in [-0.3, -0.25) is 14.6 Å². The predicted molar refractivity (Wildman–Crippen MR) is 90.7 cm³/mol. The summed E-state index contributed by atoms with van der Waals surface area (Å²) in [5.41, 5.74) is 2.46. The molecule has 0 atom stereocenters. The third-order valence-corrected chi connectivity index (χ3v) is 4.76. The first-order valence-electron chi connectivity index (χ1n) is 7.34. The van der Waals surface area contributed by atoms with Gasteiger partial charge in [0.15, 0.2) is 0 Å². The van der Waals surface area contributed by atoms with Gasteiger partial charge in [0.1, 0.15) is 0 Å². The molecule has 0 fully saturated rings. The second-order valence-corrected chi connectivity index (χ2v) is 6.40. The summed E-state index contributed by atoms with van der Waals surface area (Å²) in [4.78, 5) is 30.7. The molecule has 0 radical (unpaired) electrons. The Morgan fingerprint density at radius 3 is 2.87 bits per heavy atom. The number of anilines is 1. The number of hydrogen-bond donors (Lipinski definition) is 1. The maximum Gasteiger partial charge on any atom is 0.253 e. The van der Waals surface area contributed by atoms with Crippen molar-refractivity contribution < 1.29 is 9.59 Å². The van der Waals surface area contributed by atoms with Gasteiger partial charge in [-0.15, -0.1) is 11.8 Å². The monoisotopic (exact) mass is 327 g/mol. The van der Waals surface area contributed by atoms with Crippen molar-refractivity contribution in [2.75, 3.05) is 24.7 Å². The number of hydrogen-bond acceptors (Lipinski definition) is 4. The van der Waals surface area contributed by atoms with Crippen molar-refractivity contribution in [3.05, 3.63) is 53.9 Å². The molecule has 118 valence electrons. The van der Waals surface area contributed by atoms with E-state index in [-0.39, 0.29) is 11.8 Å². The molecule has 0 aliphatic carbocycles. The maximum atomic E-state index is 12.5. The molecule has 0 unspecified atom stereocenters. The van der Waals surface area contributed by atoms with E-state index in [2.05, 4.69) is 10.3 Å². The van der Waals surface area contributed by atoms with Gasteiger partial charge in [0, 0.05) is 36.4 Å².